The molecular weight excluding hydrogens is 248 g/mol. The number of hydrogen-bond donors (Lipinski definition) is 0. The first kappa shape index (κ1) is 14.1. The Labute approximate surface area is 120 Å². The Kier molecular flexibility index (Phi) is 4.77. The SMILES string of the molecule is Cc1cc(OCc2ccccc2)ccc1N=CN(C)C. The lowest BCUT2D eigenvalue weighted by atomic mass is 10.2. The van der Waals surface area contributed by atoms with Crippen molar-refractivity contribution in [2.24, 2.45) is 4.99 Å². The zero-order valence-corrected chi connectivity index (χ0v) is 12.2. The normalized spacial score (nSPS) is 10.8. The summed E-state index contributed by atoms with van der Waals surface area (Å²) in [5, 5.41) is 0. The maximum atomic E-state index is 5.79. The van der Waals surface area contributed by atoms with Crippen LogP contribution >= 0.6 is 0 Å². The largest absolute Gasteiger partial charge is 0.489 e. The van der Waals surface area contributed by atoms with Crippen LogP contribution in [0.5, 0.6) is 5.75 Å². The Hall–Kier alpha value is -2.29. The van der Waals surface area contributed by atoms with Crippen molar-refractivity contribution in [1.82, 2.24) is 4.90 Å². The Balaban J connectivity index is 2.02. The van der Waals surface area contributed by atoms with Gasteiger partial charge in [-0.1, -0.05) is 30.3 Å². The first-order chi connectivity index (χ1) is 9.65. The van der Waals surface area contributed by atoms with Crippen molar-refractivity contribution in [2.45, 2.75) is 13.5 Å². The number of ether oxygens (including phenoxy) is 1. The maximum Gasteiger partial charge on any atom is 0.120 e. The molecule has 0 fully saturated rings. The van der Waals surface area contributed by atoms with Crippen LogP contribution < -0.4 is 4.74 Å². The lowest BCUT2D eigenvalue weighted by Crippen LogP contribution is -2.07. The molecule has 0 aliphatic rings. The van der Waals surface area contributed by atoms with E-state index in [9.17, 15) is 0 Å². The van der Waals surface area contributed by atoms with Gasteiger partial charge in [-0.05, 0) is 36.2 Å². The minimum atomic E-state index is 0.584. The minimum Gasteiger partial charge on any atom is -0.489 e. The molecule has 0 unspecified atom stereocenters. The summed E-state index contributed by atoms with van der Waals surface area (Å²) in [5.41, 5.74) is 3.24. The molecule has 0 saturated heterocycles. The predicted molar refractivity (Wildman–Crippen MR) is 83.8 cm³/mol. The van der Waals surface area contributed by atoms with E-state index in [0.29, 0.717) is 6.61 Å². The van der Waals surface area contributed by atoms with Crippen LogP contribution in [0.2, 0.25) is 0 Å². The van der Waals surface area contributed by atoms with E-state index in [-0.39, 0.29) is 0 Å². The van der Waals surface area contributed by atoms with Gasteiger partial charge in [-0.25, -0.2) is 4.99 Å². The van der Waals surface area contributed by atoms with Gasteiger partial charge in [0.05, 0.1) is 12.0 Å². The van der Waals surface area contributed by atoms with Crippen LogP contribution in [0.15, 0.2) is 53.5 Å². The van der Waals surface area contributed by atoms with Gasteiger partial charge >= 0.3 is 0 Å². The van der Waals surface area contributed by atoms with E-state index in [1.165, 1.54) is 5.56 Å². The smallest absolute Gasteiger partial charge is 0.120 e. The van der Waals surface area contributed by atoms with Crippen LogP contribution in [0.4, 0.5) is 5.69 Å². The molecule has 2 rings (SSSR count). The van der Waals surface area contributed by atoms with Gasteiger partial charge in [-0.15, -0.1) is 0 Å². The van der Waals surface area contributed by atoms with Crippen molar-refractivity contribution >= 4 is 12.0 Å². The first-order valence-electron chi connectivity index (χ1n) is 6.63. The highest BCUT2D eigenvalue weighted by Gasteiger charge is 2.00. The van der Waals surface area contributed by atoms with Crippen molar-refractivity contribution in [3.63, 3.8) is 0 Å². The highest BCUT2D eigenvalue weighted by molar-refractivity contribution is 5.63. The van der Waals surface area contributed by atoms with Crippen molar-refractivity contribution in [1.29, 1.82) is 0 Å². The van der Waals surface area contributed by atoms with E-state index in [2.05, 4.69) is 17.1 Å². The molecule has 0 radical (unpaired) electrons. The number of hydrogen-bond acceptors (Lipinski definition) is 2. The van der Waals surface area contributed by atoms with Crippen LogP contribution in [0.3, 0.4) is 0 Å². The maximum absolute atomic E-state index is 5.79. The lowest BCUT2D eigenvalue weighted by molar-refractivity contribution is 0.306. The fraction of sp³-hybridized carbons (Fsp3) is 0.235. The third kappa shape index (κ3) is 4.12. The highest BCUT2D eigenvalue weighted by Crippen LogP contribution is 2.24. The number of benzene rings is 2. The topological polar surface area (TPSA) is 24.8 Å². The standard InChI is InChI=1S/C17H20N2O/c1-14-11-16(9-10-17(14)18-13-19(2)3)20-12-15-7-5-4-6-8-15/h4-11,13H,12H2,1-3H3. The van der Waals surface area contributed by atoms with Gasteiger partial charge in [0.25, 0.3) is 0 Å². The Bertz CT molecular complexity index is 577. The van der Waals surface area contributed by atoms with E-state index in [4.69, 9.17) is 4.74 Å². The molecule has 0 aromatic heterocycles. The molecule has 104 valence electrons. The Morgan fingerprint density at radius 1 is 1.10 bits per heavy atom. The van der Waals surface area contributed by atoms with E-state index >= 15 is 0 Å². The van der Waals surface area contributed by atoms with Gasteiger partial charge in [0.2, 0.25) is 0 Å². The molecule has 0 amide bonds. The second-order valence-electron chi connectivity index (χ2n) is 4.93. The molecule has 0 aliphatic carbocycles. The highest BCUT2D eigenvalue weighted by atomic mass is 16.5. The number of aliphatic imine (C=N–C) groups is 1. The van der Waals surface area contributed by atoms with E-state index in [1.807, 2.05) is 62.3 Å². The van der Waals surface area contributed by atoms with Crippen molar-refractivity contribution in [3.8, 4) is 5.75 Å². The van der Waals surface area contributed by atoms with Gasteiger partial charge in [0.1, 0.15) is 12.4 Å². The average Bonchev–Trinajstić information content (AvgIpc) is 2.45. The fourth-order valence-electron chi connectivity index (χ4n) is 1.78. The van der Waals surface area contributed by atoms with Crippen LogP contribution in [0.25, 0.3) is 0 Å². The van der Waals surface area contributed by atoms with Crippen LogP contribution in [0, 0.1) is 6.92 Å². The molecule has 2 aromatic rings. The molecule has 0 spiro atoms. The molecule has 3 nitrogen and oxygen atoms in total. The number of nitrogens with zero attached hydrogens (tertiary/aromatic N) is 2. The van der Waals surface area contributed by atoms with Gasteiger partial charge < -0.3 is 9.64 Å². The zero-order chi connectivity index (χ0) is 14.4. The van der Waals surface area contributed by atoms with Crippen molar-refractivity contribution in [3.05, 3.63) is 59.7 Å². The van der Waals surface area contributed by atoms with E-state index in [0.717, 1.165) is 17.0 Å². The van der Waals surface area contributed by atoms with E-state index < -0.39 is 0 Å². The molecule has 2 aromatic carbocycles. The molecule has 0 heterocycles. The third-order valence-corrected chi connectivity index (χ3v) is 2.84. The summed E-state index contributed by atoms with van der Waals surface area (Å²) in [5.74, 6) is 0.871. The molecule has 0 saturated carbocycles. The summed E-state index contributed by atoms with van der Waals surface area (Å²) in [4.78, 5) is 6.33. The molecule has 3 heteroatoms. The summed E-state index contributed by atoms with van der Waals surface area (Å²) >= 11 is 0. The third-order valence-electron chi connectivity index (χ3n) is 2.84. The number of aryl methyl sites for hydroxylation is 1. The molecule has 0 N–H and O–H groups in total. The van der Waals surface area contributed by atoms with Crippen LogP contribution in [-0.4, -0.2) is 25.3 Å². The lowest BCUT2D eigenvalue weighted by Gasteiger charge is -2.09. The Morgan fingerprint density at radius 3 is 2.50 bits per heavy atom. The van der Waals surface area contributed by atoms with Gasteiger partial charge in [-0.3, -0.25) is 0 Å². The first-order valence-corrected chi connectivity index (χ1v) is 6.63. The quantitative estimate of drug-likeness (QED) is 0.608. The molecule has 20 heavy (non-hydrogen) atoms. The van der Waals surface area contributed by atoms with Crippen LogP contribution in [-0.2, 0) is 6.61 Å². The molecule has 0 aliphatic heterocycles. The molecule has 0 atom stereocenters. The fourth-order valence-corrected chi connectivity index (χ4v) is 1.78. The summed E-state index contributed by atoms with van der Waals surface area (Å²) in [6.45, 7) is 2.62. The minimum absolute atomic E-state index is 0.584. The summed E-state index contributed by atoms with van der Waals surface area (Å²) in [6, 6.07) is 16.1. The second-order valence-corrected chi connectivity index (χ2v) is 4.93. The molecular formula is C17H20N2O. The van der Waals surface area contributed by atoms with Gasteiger partial charge in [0.15, 0.2) is 0 Å². The Morgan fingerprint density at radius 2 is 1.85 bits per heavy atom. The predicted octanol–water partition coefficient (Wildman–Crippen LogP) is 3.80. The summed E-state index contributed by atoms with van der Waals surface area (Å²) in [7, 11) is 3.91. The van der Waals surface area contributed by atoms with Gasteiger partial charge in [-0.2, -0.15) is 0 Å². The summed E-state index contributed by atoms with van der Waals surface area (Å²) < 4.78 is 5.79. The van der Waals surface area contributed by atoms with Crippen LogP contribution in [0.1, 0.15) is 11.1 Å². The monoisotopic (exact) mass is 268 g/mol. The van der Waals surface area contributed by atoms with Crippen molar-refractivity contribution in [2.75, 3.05) is 14.1 Å². The van der Waals surface area contributed by atoms with Gasteiger partial charge in [0, 0.05) is 14.1 Å². The van der Waals surface area contributed by atoms with E-state index in [1.54, 1.807) is 6.34 Å². The molecule has 0 bridgehead atoms. The zero-order valence-electron chi connectivity index (χ0n) is 12.2. The second kappa shape index (κ2) is 6.75. The average molecular weight is 268 g/mol. The van der Waals surface area contributed by atoms with Crippen molar-refractivity contribution < 1.29 is 4.74 Å². The number of rotatable bonds is 5. The summed E-state index contributed by atoms with van der Waals surface area (Å²) in [6.07, 6.45) is 1.80.